The molecule has 0 saturated heterocycles. The van der Waals surface area contributed by atoms with Crippen LogP contribution in [0.25, 0.3) is 0 Å². The minimum Gasteiger partial charge on any atom is -0.444 e. The fourth-order valence-electron chi connectivity index (χ4n) is 2.34. The molecule has 1 amide bonds. The zero-order chi connectivity index (χ0) is 15.5. The summed E-state index contributed by atoms with van der Waals surface area (Å²) in [5.74, 6) is 0.846. The summed E-state index contributed by atoms with van der Waals surface area (Å²) in [4.78, 5) is 11.7. The molecule has 1 aromatic rings. The zero-order valence-electron chi connectivity index (χ0n) is 13.2. The minimum atomic E-state index is -0.478. The van der Waals surface area contributed by atoms with Crippen molar-refractivity contribution in [2.24, 2.45) is 5.73 Å². The van der Waals surface area contributed by atoms with Crippen molar-refractivity contribution in [1.82, 2.24) is 5.32 Å². The molecule has 0 bridgehead atoms. The Morgan fingerprint density at radius 2 is 2.14 bits per heavy atom. The summed E-state index contributed by atoms with van der Waals surface area (Å²) in [5, 5.41) is 2.81. The van der Waals surface area contributed by atoms with E-state index in [0.717, 1.165) is 5.92 Å². The van der Waals surface area contributed by atoms with Crippen LogP contribution in [0.1, 0.15) is 56.6 Å². The first kappa shape index (κ1) is 15.8. The summed E-state index contributed by atoms with van der Waals surface area (Å²) in [7, 11) is 0. The molecule has 21 heavy (non-hydrogen) atoms. The highest BCUT2D eigenvalue weighted by atomic mass is 16.6. The Morgan fingerprint density at radius 1 is 1.43 bits per heavy atom. The van der Waals surface area contributed by atoms with Gasteiger partial charge in [-0.3, -0.25) is 0 Å². The molecule has 0 heterocycles. The fourth-order valence-corrected chi connectivity index (χ4v) is 2.34. The van der Waals surface area contributed by atoms with Gasteiger partial charge in [-0.2, -0.15) is 0 Å². The highest BCUT2D eigenvalue weighted by Crippen LogP contribution is 2.40. The van der Waals surface area contributed by atoms with E-state index in [1.165, 1.54) is 24.0 Å². The number of alkyl carbamates (subject to hydrolysis) is 1. The lowest BCUT2D eigenvalue weighted by Crippen LogP contribution is -2.36. The summed E-state index contributed by atoms with van der Waals surface area (Å²) < 4.78 is 5.25. The summed E-state index contributed by atoms with van der Waals surface area (Å²) >= 11 is 0. The number of nitrogens with one attached hydrogen (secondary N) is 1. The molecule has 0 spiro atoms. The van der Waals surface area contributed by atoms with E-state index in [2.05, 4.69) is 29.6 Å². The first-order valence-corrected chi connectivity index (χ1v) is 7.66. The van der Waals surface area contributed by atoms with Crippen molar-refractivity contribution in [3.05, 3.63) is 35.4 Å². The fraction of sp³-hybridized carbons (Fsp3) is 0.588. The number of nitrogens with two attached hydrogens (primary N) is 1. The molecular formula is C17H26N2O2. The lowest BCUT2D eigenvalue weighted by Gasteiger charge is -2.22. The molecule has 4 nitrogen and oxygen atoms in total. The topological polar surface area (TPSA) is 64.3 Å². The summed E-state index contributed by atoms with van der Waals surface area (Å²) in [6.45, 7) is 6.56. The number of hydrogen-bond acceptors (Lipinski definition) is 3. The Morgan fingerprint density at radius 3 is 2.71 bits per heavy atom. The zero-order valence-corrected chi connectivity index (χ0v) is 13.2. The molecule has 116 valence electrons. The third-order valence-corrected chi connectivity index (χ3v) is 3.61. The van der Waals surface area contributed by atoms with Gasteiger partial charge in [-0.25, -0.2) is 4.79 Å². The van der Waals surface area contributed by atoms with Gasteiger partial charge in [-0.05, 0) is 50.7 Å². The van der Waals surface area contributed by atoms with E-state index in [1.807, 2.05) is 20.8 Å². The molecule has 0 radical (unpaired) electrons. The van der Waals surface area contributed by atoms with E-state index in [9.17, 15) is 4.79 Å². The van der Waals surface area contributed by atoms with E-state index < -0.39 is 5.60 Å². The first-order valence-electron chi connectivity index (χ1n) is 7.66. The van der Waals surface area contributed by atoms with E-state index >= 15 is 0 Å². The number of carbonyl (C=O) groups excluding carboxylic acids is 1. The maximum absolute atomic E-state index is 11.7. The van der Waals surface area contributed by atoms with Crippen LogP contribution >= 0.6 is 0 Å². The van der Waals surface area contributed by atoms with Crippen LogP contribution in [0.15, 0.2) is 24.3 Å². The van der Waals surface area contributed by atoms with E-state index in [1.54, 1.807) is 0 Å². The van der Waals surface area contributed by atoms with E-state index in [4.69, 9.17) is 10.5 Å². The molecule has 1 unspecified atom stereocenters. The molecule has 2 rings (SSSR count). The van der Waals surface area contributed by atoms with Crippen molar-refractivity contribution < 1.29 is 9.53 Å². The molecule has 1 fully saturated rings. The SMILES string of the molecule is CC(C)(C)OC(=O)NCC(CN)c1cccc(C2CC2)c1. The normalized spacial score (nSPS) is 16.4. The van der Waals surface area contributed by atoms with Crippen molar-refractivity contribution >= 4 is 6.09 Å². The number of carbonyl (C=O) groups is 1. The van der Waals surface area contributed by atoms with Gasteiger partial charge in [0.15, 0.2) is 0 Å². The molecule has 1 aliphatic carbocycles. The van der Waals surface area contributed by atoms with Crippen molar-refractivity contribution in [1.29, 1.82) is 0 Å². The Balaban J connectivity index is 1.93. The Labute approximate surface area is 127 Å². The van der Waals surface area contributed by atoms with Crippen LogP contribution in [0.3, 0.4) is 0 Å². The molecule has 4 heteroatoms. The van der Waals surface area contributed by atoms with Gasteiger partial charge in [0.25, 0.3) is 0 Å². The first-order chi connectivity index (χ1) is 9.89. The number of amides is 1. The predicted molar refractivity (Wildman–Crippen MR) is 84.4 cm³/mol. The van der Waals surface area contributed by atoms with Crippen molar-refractivity contribution in [3.8, 4) is 0 Å². The average molecular weight is 290 g/mol. The number of hydrogen-bond donors (Lipinski definition) is 2. The second kappa shape index (κ2) is 6.48. The van der Waals surface area contributed by atoms with Crippen LogP contribution in [0.5, 0.6) is 0 Å². The number of ether oxygens (including phenoxy) is 1. The Kier molecular flexibility index (Phi) is 4.88. The number of rotatable bonds is 5. The molecule has 1 saturated carbocycles. The Bertz CT molecular complexity index is 490. The molecule has 3 N–H and O–H groups in total. The molecule has 1 aliphatic rings. The van der Waals surface area contributed by atoms with Crippen LogP contribution in [-0.2, 0) is 4.74 Å². The third kappa shape index (κ3) is 5.05. The number of benzene rings is 1. The summed E-state index contributed by atoms with van der Waals surface area (Å²) in [6, 6.07) is 8.57. The van der Waals surface area contributed by atoms with Crippen molar-refractivity contribution in [3.63, 3.8) is 0 Å². The van der Waals surface area contributed by atoms with Crippen molar-refractivity contribution in [2.75, 3.05) is 13.1 Å². The van der Waals surface area contributed by atoms with E-state index in [0.29, 0.717) is 13.1 Å². The molecule has 0 aliphatic heterocycles. The van der Waals surface area contributed by atoms with Crippen LogP contribution in [0, 0.1) is 0 Å². The van der Waals surface area contributed by atoms with Gasteiger partial charge in [-0.1, -0.05) is 24.3 Å². The summed E-state index contributed by atoms with van der Waals surface area (Å²) in [5.41, 5.74) is 7.97. The molecule has 0 aromatic heterocycles. The molecule has 1 atom stereocenters. The van der Waals surface area contributed by atoms with Gasteiger partial charge < -0.3 is 15.8 Å². The maximum Gasteiger partial charge on any atom is 0.407 e. The quantitative estimate of drug-likeness (QED) is 0.875. The third-order valence-electron chi connectivity index (χ3n) is 3.61. The lowest BCUT2D eigenvalue weighted by atomic mass is 9.96. The van der Waals surface area contributed by atoms with Crippen LogP contribution in [0.4, 0.5) is 4.79 Å². The van der Waals surface area contributed by atoms with Gasteiger partial charge in [0, 0.05) is 19.0 Å². The van der Waals surface area contributed by atoms with E-state index in [-0.39, 0.29) is 12.0 Å². The lowest BCUT2D eigenvalue weighted by molar-refractivity contribution is 0.0525. The van der Waals surface area contributed by atoms with Gasteiger partial charge in [0.05, 0.1) is 0 Å². The standard InChI is InChI=1S/C17H26N2O2/c1-17(2,3)21-16(20)19-11-15(10-18)14-6-4-5-13(9-14)12-7-8-12/h4-6,9,12,15H,7-8,10-11,18H2,1-3H3,(H,19,20). The molecular weight excluding hydrogens is 264 g/mol. The van der Waals surface area contributed by atoms with Crippen molar-refractivity contribution in [2.45, 2.75) is 51.0 Å². The van der Waals surface area contributed by atoms with Crippen LogP contribution < -0.4 is 11.1 Å². The maximum atomic E-state index is 11.7. The van der Waals surface area contributed by atoms with Gasteiger partial charge >= 0.3 is 6.09 Å². The highest BCUT2D eigenvalue weighted by molar-refractivity contribution is 5.67. The Hall–Kier alpha value is -1.55. The minimum absolute atomic E-state index is 0.121. The second-order valence-corrected chi connectivity index (χ2v) is 6.76. The van der Waals surface area contributed by atoms with Gasteiger partial charge in [-0.15, -0.1) is 0 Å². The smallest absolute Gasteiger partial charge is 0.407 e. The summed E-state index contributed by atoms with van der Waals surface area (Å²) in [6.07, 6.45) is 2.18. The highest BCUT2D eigenvalue weighted by Gasteiger charge is 2.24. The average Bonchev–Trinajstić information content (AvgIpc) is 3.22. The van der Waals surface area contributed by atoms with Crippen LogP contribution in [0.2, 0.25) is 0 Å². The monoisotopic (exact) mass is 290 g/mol. The second-order valence-electron chi connectivity index (χ2n) is 6.76. The largest absolute Gasteiger partial charge is 0.444 e. The van der Waals surface area contributed by atoms with Crippen LogP contribution in [-0.4, -0.2) is 24.8 Å². The van der Waals surface area contributed by atoms with Gasteiger partial charge in [0.1, 0.15) is 5.60 Å². The molecule has 1 aromatic carbocycles. The van der Waals surface area contributed by atoms with Gasteiger partial charge in [0.2, 0.25) is 0 Å². The predicted octanol–water partition coefficient (Wildman–Crippen LogP) is 3.13.